The molecule has 0 amide bonds. The predicted octanol–water partition coefficient (Wildman–Crippen LogP) is 2.20. The normalized spacial score (nSPS) is 12.1. The number of aliphatic hydroxyl groups is 1. The maximum atomic E-state index is 11.2. The van der Waals surface area contributed by atoms with E-state index in [0.29, 0.717) is 13.2 Å². The van der Waals surface area contributed by atoms with Gasteiger partial charge in [0.2, 0.25) is 0 Å². The highest BCUT2D eigenvalue weighted by Gasteiger charge is 2.11. The van der Waals surface area contributed by atoms with Crippen LogP contribution in [0, 0.1) is 0 Å². The van der Waals surface area contributed by atoms with E-state index in [-0.39, 0.29) is 18.5 Å². The lowest BCUT2D eigenvalue weighted by Crippen LogP contribution is -2.23. The molecule has 0 aliphatic heterocycles. The number of rotatable bonds is 8. The first-order valence-electron chi connectivity index (χ1n) is 6.85. The molecule has 0 saturated heterocycles. The number of carbonyl (C=O) groups excluding carboxylic acids is 1. The summed E-state index contributed by atoms with van der Waals surface area (Å²) in [6.45, 7) is 6.30. The molecule has 0 saturated carbocycles. The highest BCUT2D eigenvalue weighted by molar-refractivity contribution is 5.70. The van der Waals surface area contributed by atoms with E-state index in [0.717, 1.165) is 11.4 Å². The highest BCUT2D eigenvalue weighted by Crippen LogP contribution is 2.16. The topological polar surface area (TPSA) is 67.8 Å². The highest BCUT2D eigenvalue weighted by atomic mass is 16.5. The number of hydrogen-bond donors (Lipinski definition) is 2. The molecule has 1 aromatic rings. The number of hydrogen-bond acceptors (Lipinski definition) is 5. The van der Waals surface area contributed by atoms with Crippen molar-refractivity contribution >= 4 is 11.7 Å². The van der Waals surface area contributed by atoms with Gasteiger partial charge in [-0.3, -0.25) is 4.79 Å². The van der Waals surface area contributed by atoms with Gasteiger partial charge < -0.3 is 19.9 Å². The van der Waals surface area contributed by atoms with Crippen molar-refractivity contribution in [2.24, 2.45) is 0 Å². The standard InChI is InChI=1S/C15H23NO4/c1-4-19-15(18)9-13(17)10-16-12-5-7-14(8-6-12)20-11(2)3/h5-8,11,13,16-17H,4,9-10H2,1-3H3. The molecule has 112 valence electrons. The van der Waals surface area contributed by atoms with Crippen LogP contribution in [0.25, 0.3) is 0 Å². The Kier molecular flexibility index (Phi) is 6.87. The molecule has 5 heteroatoms. The smallest absolute Gasteiger partial charge is 0.308 e. The van der Waals surface area contributed by atoms with Gasteiger partial charge in [0.1, 0.15) is 5.75 Å². The average molecular weight is 281 g/mol. The Bertz CT molecular complexity index is 403. The third kappa shape index (κ3) is 6.43. The van der Waals surface area contributed by atoms with Crippen molar-refractivity contribution in [3.05, 3.63) is 24.3 Å². The molecule has 0 aromatic heterocycles. The van der Waals surface area contributed by atoms with E-state index < -0.39 is 6.10 Å². The molecular weight excluding hydrogens is 258 g/mol. The molecule has 0 aliphatic rings. The van der Waals surface area contributed by atoms with Crippen molar-refractivity contribution in [3.8, 4) is 5.75 Å². The first-order chi connectivity index (χ1) is 9.51. The molecule has 5 nitrogen and oxygen atoms in total. The first kappa shape index (κ1) is 16.3. The lowest BCUT2D eigenvalue weighted by atomic mass is 10.2. The van der Waals surface area contributed by atoms with Crippen LogP contribution in [0.4, 0.5) is 5.69 Å². The Hall–Kier alpha value is -1.75. The van der Waals surface area contributed by atoms with Gasteiger partial charge in [-0.05, 0) is 45.0 Å². The molecule has 0 fully saturated rings. The van der Waals surface area contributed by atoms with Crippen LogP contribution >= 0.6 is 0 Å². The van der Waals surface area contributed by atoms with Gasteiger partial charge in [0.15, 0.2) is 0 Å². The first-order valence-corrected chi connectivity index (χ1v) is 6.85. The van der Waals surface area contributed by atoms with Crippen LogP contribution < -0.4 is 10.1 Å². The van der Waals surface area contributed by atoms with E-state index in [2.05, 4.69) is 5.32 Å². The molecule has 2 N–H and O–H groups in total. The van der Waals surface area contributed by atoms with Crippen molar-refractivity contribution < 1.29 is 19.4 Å². The van der Waals surface area contributed by atoms with Crippen LogP contribution in [0.5, 0.6) is 5.75 Å². The summed E-state index contributed by atoms with van der Waals surface area (Å²) in [4.78, 5) is 11.2. The second kappa shape index (κ2) is 8.43. The fourth-order valence-corrected chi connectivity index (χ4v) is 1.64. The van der Waals surface area contributed by atoms with Gasteiger partial charge in [-0.2, -0.15) is 0 Å². The van der Waals surface area contributed by atoms with E-state index >= 15 is 0 Å². The van der Waals surface area contributed by atoms with Gasteiger partial charge in [-0.15, -0.1) is 0 Å². The monoisotopic (exact) mass is 281 g/mol. The van der Waals surface area contributed by atoms with Gasteiger partial charge in [0, 0.05) is 12.2 Å². The molecule has 0 spiro atoms. The summed E-state index contributed by atoms with van der Waals surface area (Å²) in [5.41, 5.74) is 0.865. The minimum atomic E-state index is -0.763. The SMILES string of the molecule is CCOC(=O)CC(O)CNc1ccc(OC(C)C)cc1. The third-order valence-electron chi connectivity index (χ3n) is 2.48. The van der Waals surface area contributed by atoms with Crippen molar-refractivity contribution in [2.75, 3.05) is 18.5 Å². The molecule has 20 heavy (non-hydrogen) atoms. The number of esters is 1. The molecule has 0 heterocycles. The molecule has 1 aromatic carbocycles. The van der Waals surface area contributed by atoms with E-state index in [4.69, 9.17) is 9.47 Å². The zero-order chi connectivity index (χ0) is 15.0. The summed E-state index contributed by atoms with van der Waals surface area (Å²) in [5.74, 6) is 0.417. The molecule has 1 rings (SSSR count). The minimum Gasteiger partial charge on any atom is -0.491 e. The number of carbonyl (C=O) groups is 1. The van der Waals surface area contributed by atoms with Crippen LogP contribution in [0.2, 0.25) is 0 Å². The number of ether oxygens (including phenoxy) is 2. The lowest BCUT2D eigenvalue weighted by Gasteiger charge is -2.13. The fourth-order valence-electron chi connectivity index (χ4n) is 1.64. The summed E-state index contributed by atoms with van der Waals surface area (Å²) in [5, 5.41) is 12.8. The summed E-state index contributed by atoms with van der Waals surface area (Å²) in [7, 11) is 0. The Morgan fingerprint density at radius 3 is 2.50 bits per heavy atom. The third-order valence-corrected chi connectivity index (χ3v) is 2.48. The fraction of sp³-hybridized carbons (Fsp3) is 0.533. The Labute approximate surface area is 119 Å². The maximum Gasteiger partial charge on any atom is 0.308 e. The van der Waals surface area contributed by atoms with Crippen molar-refractivity contribution in [1.82, 2.24) is 0 Å². The molecule has 1 unspecified atom stereocenters. The number of benzene rings is 1. The quantitative estimate of drug-likeness (QED) is 0.715. The molecule has 0 aliphatic carbocycles. The van der Waals surface area contributed by atoms with E-state index in [9.17, 15) is 9.90 Å². The predicted molar refractivity (Wildman–Crippen MR) is 78.0 cm³/mol. The zero-order valence-corrected chi connectivity index (χ0v) is 12.3. The van der Waals surface area contributed by atoms with Crippen LogP contribution in [0.15, 0.2) is 24.3 Å². The minimum absolute atomic E-state index is 0.00458. The zero-order valence-electron chi connectivity index (χ0n) is 12.3. The summed E-state index contributed by atoms with van der Waals surface area (Å²) >= 11 is 0. The van der Waals surface area contributed by atoms with Gasteiger partial charge in [0.25, 0.3) is 0 Å². The number of anilines is 1. The van der Waals surface area contributed by atoms with Gasteiger partial charge in [-0.25, -0.2) is 0 Å². The Morgan fingerprint density at radius 1 is 1.30 bits per heavy atom. The van der Waals surface area contributed by atoms with Gasteiger partial charge in [0.05, 0.1) is 25.2 Å². The maximum absolute atomic E-state index is 11.2. The van der Waals surface area contributed by atoms with Crippen LogP contribution in [-0.4, -0.2) is 36.4 Å². The molecule has 1 atom stereocenters. The summed E-state index contributed by atoms with van der Waals surface area (Å²) in [6.07, 6.45) is -0.629. The van der Waals surface area contributed by atoms with E-state index in [1.807, 2.05) is 38.1 Å². The van der Waals surface area contributed by atoms with E-state index in [1.165, 1.54) is 0 Å². The van der Waals surface area contributed by atoms with Crippen LogP contribution in [0.1, 0.15) is 27.2 Å². The number of aliphatic hydroxyl groups excluding tert-OH is 1. The van der Waals surface area contributed by atoms with Gasteiger partial charge in [-0.1, -0.05) is 0 Å². The van der Waals surface area contributed by atoms with Crippen LogP contribution in [0.3, 0.4) is 0 Å². The Balaban J connectivity index is 2.36. The Morgan fingerprint density at radius 2 is 1.95 bits per heavy atom. The molecule has 0 bridgehead atoms. The van der Waals surface area contributed by atoms with E-state index in [1.54, 1.807) is 6.92 Å². The lowest BCUT2D eigenvalue weighted by molar-refractivity contribution is -0.145. The molecular formula is C15H23NO4. The van der Waals surface area contributed by atoms with Crippen molar-refractivity contribution in [1.29, 1.82) is 0 Å². The second-order valence-corrected chi connectivity index (χ2v) is 4.73. The second-order valence-electron chi connectivity index (χ2n) is 4.73. The average Bonchev–Trinajstić information content (AvgIpc) is 2.37. The van der Waals surface area contributed by atoms with Crippen molar-refractivity contribution in [2.45, 2.75) is 39.4 Å². The van der Waals surface area contributed by atoms with Crippen molar-refractivity contribution in [3.63, 3.8) is 0 Å². The largest absolute Gasteiger partial charge is 0.491 e. The summed E-state index contributed by atoms with van der Waals surface area (Å²) < 4.78 is 10.3. The number of nitrogens with one attached hydrogen (secondary N) is 1. The summed E-state index contributed by atoms with van der Waals surface area (Å²) in [6, 6.07) is 7.46. The van der Waals surface area contributed by atoms with Crippen LogP contribution in [-0.2, 0) is 9.53 Å². The van der Waals surface area contributed by atoms with Gasteiger partial charge >= 0.3 is 5.97 Å². The molecule has 0 radical (unpaired) electrons.